The molecule has 3 rings (SSSR count). The van der Waals surface area contributed by atoms with Gasteiger partial charge in [-0.2, -0.15) is 0 Å². The topological polar surface area (TPSA) is 54.1 Å². The number of anilines is 1. The smallest absolute Gasteiger partial charge is 0.191 e. The van der Waals surface area contributed by atoms with Crippen molar-refractivity contribution in [3.8, 4) is 0 Å². The van der Waals surface area contributed by atoms with Crippen molar-refractivity contribution in [3.63, 3.8) is 0 Å². The van der Waals surface area contributed by atoms with Crippen molar-refractivity contribution in [2.75, 3.05) is 38.3 Å². The quantitative estimate of drug-likeness (QED) is 0.678. The summed E-state index contributed by atoms with van der Waals surface area (Å²) < 4.78 is 19.6. The van der Waals surface area contributed by atoms with E-state index in [1.54, 1.807) is 6.07 Å². The van der Waals surface area contributed by atoms with Crippen molar-refractivity contribution < 1.29 is 9.13 Å². The number of nitrogens with two attached hydrogens (primary N) is 1. The highest BCUT2D eigenvalue weighted by molar-refractivity contribution is 5.78. The van der Waals surface area contributed by atoms with E-state index in [-0.39, 0.29) is 5.82 Å². The molecule has 22 heavy (non-hydrogen) atoms. The van der Waals surface area contributed by atoms with Gasteiger partial charge in [-0.3, -0.25) is 0 Å². The van der Waals surface area contributed by atoms with Gasteiger partial charge in [-0.1, -0.05) is 6.07 Å². The number of morpholine rings is 1. The molecule has 1 aliphatic heterocycles. The molecule has 2 fully saturated rings. The fraction of sp³-hybridized carbons (Fsp3) is 0.562. The molecule has 120 valence electrons. The maximum atomic E-state index is 14.3. The lowest BCUT2D eigenvalue weighted by Crippen LogP contribution is -2.36. The van der Waals surface area contributed by atoms with E-state index < -0.39 is 0 Å². The molecule has 1 saturated carbocycles. The lowest BCUT2D eigenvalue weighted by Gasteiger charge is -2.29. The Balaban J connectivity index is 1.65. The van der Waals surface area contributed by atoms with Crippen molar-refractivity contribution in [2.24, 2.45) is 10.7 Å². The van der Waals surface area contributed by atoms with E-state index in [9.17, 15) is 4.39 Å². The van der Waals surface area contributed by atoms with Crippen molar-refractivity contribution in [1.82, 2.24) is 4.90 Å². The summed E-state index contributed by atoms with van der Waals surface area (Å²) >= 11 is 0. The fourth-order valence-electron chi connectivity index (χ4n) is 2.64. The van der Waals surface area contributed by atoms with E-state index in [4.69, 9.17) is 10.5 Å². The molecule has 1 aliphatic carbocycles. The number of benzene rings is 1. The van der Waals surface area contributed by atoms with Crippen LogP contribution in [0.25, 0.3) is 0 Å². The van der Waals surface area contributed by atoms with Gasteiger partial charge >= 0.3 is 0 Å². The summed E-state index contributed by atoms with van der Waals surface area (Å²) in [6.07, 6.45) is 2.35. The van der Waals surface area contributed by atoms with Crippen molar-refractivity contribution >= 4 is 11.6 Å². The third kappa shape index (κ3) is 3.50. The summed E-state index contributed by atoms with van der Waals surface area (Å²) in [7, 11) is 1.96. The zero-order chi connectivity index (χ0) is 15.5. The number of hydrogen-bond donors (Lipinski definition) is 1. The highest BCUT2D eigenvalue weighted by atomic mass is 19.1. The van der Waals surface area contributed by atoms with Gasteiger partial charge < -0.3 is 20.3 Å². The molecule has 1 aromatic carbocycles. The molecule has 0 bridgehead atoms. The molecular formula is C16H23FN4O. The van der Waals surface area contributed by atoms with Gasteiger partial charge in [0.05, 0.1) is 25.4 Å². The zero-order valence-corrected chi connectivity index (χ0v) is 13.0. The predicted molar refractivity (Wildman–Crippen MR) is 85.5 cm³/mol. The van der Waals surface area contributed by atoms with E-state index in [1.807, 2.05) is 29.0 Å². The van der Waals surface area contributed by atoms with Gasteiger partial charge in [0.2, 0.25) is 0 Å². The standard InChI is InChI=1S/C16H23FN4O/c1-20(13-3-4-13)16(18)19-11-12-2-5-15(14(17)10-12)21-6-8-22-9-7-21/h2,5,10,13H,3-4,6-9,11H2,1H3,(H2,18,19). The number of aliphatic imine (C=N–C) groups is 1. The molecule has 0 spiro atoms. The fourth-order valence-corrected chi connectivity index (χ4v) is 2.64. The summed E-state index contributed by atoms with van der Waals surface area (Å²) in [5.41, 5.74) is 7.42. The number of hydrogen-bond acceptors (Lipinski definition) is 3. The third-order valence-electron chi connectivity index (χ3n) is 4.24. The summed E-state index contributed by atoms with van der Waals surface area (Å²) in [6.45, 7) is 3.16. The van der Waals surface area contributed by atoms with Crippen LogP contribution in [0.5, 0.6) is 0 Å². The summed E-state index contributed by atoms with van der Waals surface area (Å²) in [5.74, 6) is 0.323. The Kier molecular flexibility index (Phi) is 4.47. The highest BCUT2D eigenvalue weighted by Gasteiger charge is 2.27. The molecular weight excluding hydrogens is 283 g/mol. The Bertz CT molecular complexity index is 553. The first-order valence-corrected chi connectivity index (χ1v) is 7.79. The monoisotopic (exact) mass is 306 g/mol. The second kappa shape index (κ2) is 6.52. The SMILES string of the molecule is CN(C(N)=NCc1ccc(N2CCOCC2)c(F)c1)C1CC1. The lowest BCUT2D eigenvalue weighted by molar-refractivity contribution is 0.122. The molecule has 1 saturated heterocycles. The zero-order valence-electron chi connectivity index (χ0n) is 13.0. The van der Waals surface area contributed by atoms with Crippen LogP contribution in [0.4, 0.5) is 10.1 Å². The van der Waals surface area contributed by atoms with Crippen LogP contribution in [0.2, 0.25) is 0 Å². The summed E-state index contributed by atoms with van der Waals surface area (Å²) in [6, 6.07) is 5.83. The Morgan fingerprint density at radius 3 is 2.77 bits per heavy atom. The van der Waals surface area contributed by atoms with Crippen LogP contribution in [0.1, 0.15) is 18.4 Å². The molecule has 5 nitrogen and oxygen atoms in total. The molecule has 0 unspecified atom stereocenters. The van der Waals surface area contributed by atoms with Gasteiger partial charge in [0.25, 0.3) is 0 Å². The minimum atomic E-state index is -0.205. The third-order valence-corrected chi connectivity index (χ3v) is 4.24. The molecule has 1 aromatic rings. The Hall–Kier alpha value is -1.82. The molecule has 2 aliphatic rings. The van der Waals surface area contributed by atoms with Gasteiger partial charge in [0, 0.05) is 26.2 Å². The van der Waals surface area contributed by atoms with Gasteiger partial charge in [-0.25, -0.2) is 9.38 Å². The van der Waals surface area contributed by atoms with Crippen molar-refractivity contribution in [3.05, 3.63) is 29.6 Å². The van der Waals surface area contributed by atoms with Crippen LogP contribution in [0, 0.1) is 5.82 Å². The van der Waals surface area contributed by atoms with Gasteiger partial charge in [-0.05, 0) is 30.5 Å². The Morgan fingerprint density at radius 2 is 2.14 bits per heavy atom. The van der Waals surface area contributed by atoms with Gasteiger partial charge in [0.15, 0.2) is 5.96 Å². The first-order valence-electron chi connectivity index (χ1n) is 7.79. The van der Waals surface area contributed by atoms with Gasteiger partial charge in [-0.15, -0.1) is 0 Å². The molecule has 0 radical (unpaired) electrons. The van der Waals surface area contributed by atoms with Crippen LogP contribution >= 0.6 is 0 Å². The molecule has 0 atom stereocenters. The summed E-state index contributed by atoms with van der Waals surface area (Å²) in [4.78, 5) is 8.37. The van der Waals surface area contributed by atoms with E-state index in [2.05, 4.69) is 4.99 Å². The first kappa shape index (κ1) is 15.1. The second-order valence-corrected chi connectivity index (χ2v) is 5.90. The second-order valence-electron chi connectivity index (χ2n) is 5.90. The maximum absolute atomic E-state index is 14.3. The number of ether oxygens (including phenoxy) is 1. The average Bonchev–Trinajstić information content (AvgIpc) is 3.37. The lowest BCUT2D eigenvalue weighted by atomic mass is 10.1. The van der Waals surface area contributed by atoms with E-state index in [0.29, 0.717) is 37.4 Å². The van der Waals surface area contributed by atoms with E-state index in [1.165, 1.54) is 12.8 Å². The number of rotatable bonds is 4. The van der Waals surface area contributed by atoms with Crippen LogP contribution in [0.15, 0.2) is 23.2 Å². The molecule has 2 N–H and O–H groups in total. The normalized spacial score (nSPS) is 19.4. The molecule has 1 heterocycles. The number of nitrogens with zero attached hydrogens (tertiary/aromatic N) is 3. The molecule has 0 amide bonds. The Labute approximate surface area is 130 Å². The van der Waals surface area contributed by atoms with Crippen LogP contribution in [-0.4, -0.2) is 50.3 Å². The van der Waals surface area contributed by atoms with Crippen LogP contribution in [-0.2, 0) is 11.3 Å². The maximum Gasteiger partial charge on any atom is 0.191 e. The minimum Gasteiger partial charge on any atom is -0.378 e. The van der Waals surface area contributed by atoms with E-state index >= 15 is 0 Å². The first-order chi connectivity index (χ1) is 10.6. The minimum absolute atomic E-state index is 0.205. The Morgan fingerprint density at radius 1 is 1.41 bits per heavy atom. The molecule has 0 aromatic heterocycles. The van der Waals surface area contributed by atoms with Crippen molar-refractivity contribution in [1.29, 1.82) is 0 Å². The van der Waals surface area contributed by atoms with Crippen molar-refractivity contribution in [2.45, 2.75) is 25.4 Å². The van der Waals surface area contributed by atoms with Crippen LogP contribution in [0.3, 0.4) is 0 Å². The predicted octanol–water partition coefficient (Wildman–Crippen LogP) is 1.57. The molecule has 6 heteroatoms. The average molecular weight is 306 g/mol. The largest absolute Gasteiger partial charge is 0.378 e. The highest BCUT2D eigenvalue weighted by Crippen LogP contribution is 2.25. The number of halogens is 1. The van der Waals surface area contributed by atoms with Crippen LogP contribution < -0.4 is 10.6 Å². The van der Waals surface area contributed by atoms with E-state index in [0.717, 1.165) is 18.7 Å². The number of guanidine groups is 1. The van der Waals surface area contributed by atoms with Gasteiger partial charge in [0.1, 0.15) is 5.82 Å². The summed E-state index contributed by atoms with van der Waals surface area (Å²) in [5, 5.41) is 0.